The first-order chi connectivity index (χ1) is 7.76. The molecule has 1 fully saturated rings. The average Bonchev–Trinajstić information content (AvgIpc) is 3.07. The predicted molar refractivity (Wildman–Crippen MR) is 68.1 cm³/mol. The van der Waals surface area contributed by atoms with Gasteiger partial charge in [0.2, 0.25) is 0 Å². The maximum atomic E-state index is 6.28. The molecule has 4 heteroatoms. The lowest BCUT2D eigenvalue weighted by Gasteiger charge is -2.22. The summed E-state index contributed by atoms with van der Waals surface area (Å²) in [4.78, 5) is 6.78. The van der Waals surface area contributed by atoms with E-state index in [0.29, 0.717) is 6.04 Å². The monoisotopic (exact) mass is 239 g/mol. The van der Waals surface area contributed by atoms with Crippen molar-refractivity contribution in [1.82, 2.24) is 10.3 Å². The Kier molecular flexibility index (Phi) is 3.66. The summed E-state index contributed by atoms with van der Waals surface area (Å²) in [5.74, 6) is 0.937. The molecule has 88 valence electrons. The average molecular weight is 240 g/mol. The van der Waals surface area contributed by atoms with Gasteiger partial charge in [-0.25, -0.2) is 4.98 Å². The van der Waals surface area contributed by atoms with Gasteiger partial charge in [-0.1, -0.05) is 11.6 Å². The SMILES string of the molecule is CCN(c1ncc(CNC)cc1Cl)C1CC1. The van der Waals surface area contributed by atoms with E-state index in [0.717, 1.165) is 29.5 Å². The summed E-state index contributed by atoms with van der Waals surface area (Å²) in [7, 11) is 1.92. The number of nitrogens with one attached hydrogen (secondary N) is 1. The third kappa shape index (κ3) is 2.47. The normalized spacial score (nSPS) is 15.2. The van der Waals surface area contributed by atoms with Crippen molar-refractivity contribution in [2.45, 2.75) is 32.4 Å². The number of anilines is 1. The minimum Gasteiger partial charge on any atom is -0.353 e. The van der Waals surface area contributed by atoms with Crippen molar-refractivity contribution in [3.8, 4) is 0 Å². The number of nitrogens with zero attached hydrogens (tertiary/aromatic N) is 2. The van der Waals surface area contributed by atoms with Gasteiger partial charge in [-0.3, -0.25) is 0 Å². The molecule has 0 atom stereocenters. The van der Waals surface area contributed by atoms with Crippen molar-refractivity contribution in [3.63, 3.8) is 0 Å². The van der Waals surface area contributed by atoms with Crippen LogP contribution < -0.4 is 10.2 Å². The molecule has 1 aliphatic carbocycles. The van der Waals surface area contributed by atoms with E-state index in [1.807, 2.05) is 19.3 Å². The van der Waals surface area contributed by atoms with Gasteiger partial charge in [-0.05, 0) is 38.4 Å². The van der Waals surface area contributed by atoms with Gasteiger partial charge in [-0.2, -0.15) is 0 Å². The fourth-order valence-electron chi connectivity index (χ4n) is 1.95. The van der Waals surface area contributed by atoms with E-state index in [1.165, 1.54) is 12.8 Å². The fourth-order valence-corrected chi connectivity index (χ4v) is 2.25. The van der Waals surface area contributed by atoms with E-state index < -0.39 is 0 Å². The van der Waals surface area contributed by atoms with Crippen LogP contribution in [0.4, 0.5) is 5.82 Å². The van der Waals surface area contributed by atoms with Crippen molar-refractivity contribution in [2.24, 2.45) is 0 Å². The Morgan fingerprint density at radius 2 is 2.31 bits per heavy atom. The lowest BCUT2D eigenvalue weighted by molar-refractivity contribution is 0.793. The molecule has 2 rings (SSSR count). The number of pyridine rings is 1. The van der Waals surface area contributed by atoms with Crippen molar-refractivity contribution >= 4 is 17.4 Å². The molecule has 1 N–H and O–H groups in total. The molecule has 0 saturated heterocycles. The molecule has 0 radical (unpaired) electrons. The van der Waals surface area contributed by atoms with Crippen LogP contribution in [-0.2, 0) is 6.54 Å². The molecule has 1 aromatic heterocycles. The van der Waals surface area contributed by atoms with Crippen LogP contribution in [0.1, 0.15) is 25.3 Å². The van der Waals surface area contributed by atoms with Gasteiger partial charge in [0, 0.05) is 25.3 Å². The van der Waals surface area contributed by atoms with Crippen LogP contribution in [0.3, 0.4) is 0 Å². The molecule has 0 unspecified atom stereocenters. The molecule has 0 aliphatic heterocycles. The zero-order valence-corrected chi connectivity index (χ0v) is 10.6. The molecule has 0 spiro atoms. The quantitative estimate of drug-likeness (QED) is 0.856. The Balaban J connectivity index is 2.20. The first kappa shape index (κ1) is 11.7. The van der Waals surface area contributed by atoms with E-state index in [9.17, 15) is 0 Å². The van der Waals surface area contributed by atoms with E-state index in [4.69, 9.17) is 11.6 Å². The molecular formula is C12H18ClN3. The lowest BCUT2D eigenvalue weighted by atomic mass is 10.2. The number of aromatic nitrogens is 1. The summed E-state index contributed by atoms with van der Waals surface area (Å²) in [5, 5.41) is 3.86. The standard InChI is InChI=1S/C12H18ClN3/c1-3-16(10-4-5-10)12-11(13)6-9(7-14-2)8-15-12/h6,8,10,14H,3-5,7H2,1-2H3. The second-order valence-electron chi connectivity index (χ2n) is 4.20. The second kappa shape index (κ2) is 5.02. The van der Waals surface area contributed by atoms with Crippen LogP contribution in [0.25, 0.3) is 0 Å². The van der Waals surface area contributed by atoms with Gasteiger partial charge in [0.05, 0.1) is 5.02 Å². The van der Waals surface area contributed by atoms with Crippen LogP contribution in [-0.4, -0.2) is 24.6 Å². The van der Waals surface area contributed by atoms with E-state index >= 15 is 0 Å². The molecule has 0 bridgehead atoms. The first-order valence-corrected chi connectivity index (χ1v) is 6.19. The highest BCUT2D eigenvalue weighted by molar-refractivity contribution is 6.33. The molecular weight excluding hydrogens is 222 g/mol. The highest BCUT2D eigenvalue weighted by Gasteiger charge is 2.29. The Morgan fingerprint density at radius 3 is 2.81 bits per heavy atom. The van der Waals surface area contributed by atoms with Crippen LogP contribution in [0.2, 0.25) is 5.02 Å². The molecule has 1 aromatic rings. The maximum Gasteiger partial charge on any atom is 0.147 e. The van der Waals surface area contributed by atoms with Crippen LogP contribution >= 0.6 is 11.6 Å². The largest absolute Gasteiger partial charge is 0.353 e. The molecule has 1 aliphatic rings. The highest BCUT2D eigenvalue weighted by atomic mass is 35.5. The lowest BCUT2D eigenvalue weighted by Crippen LogP contribution is -2.26. The molecule has 3 nitrogen and oxygen atoms in total. The van der Waals surface area contributed by atoms with E-state index in [-0.39, 0.29) is 0 Å². The number of rotatable bonds is 5. The molecule has 1 heterocycles. The molecule has 1 saturated carbocycles. The topological polar surface area (TPSA) is 28.2 Å². The maximum absolute atomic E-state index is 6.28. The summed E-state index contributed by atoms with van der Waals surface area (Å²) >= 11 is 6.28. The Morgan fingerprint density at radius 1 is 1.56 bits per heavy atom. The summed E-state index contributed by atoms with van der Waals surface area (Å²) in [6.45, 7) is 3.93. The van der Waals surface area contributed by atoms with E-state index in [2.05, 4.69) is 22.1 Å². The van der Waals surface area contributed by atoms with Gasteiger partial charge in [-0.15, -0.1) is 0 Å². The minimum absolute atomic E-state index is 0.658. The van der Waals surface area contributed by atoms with E-state index in [1.54, 1.807) is 0 Å². The summed E-state index contributed by atoms with van der Waals surface area (Å²) in [5.41, 5.74) is 1.13. The van der Waals surface area contributed by atoms with Crippen LogP contribution in [0, 0.1) is 0 Å². The van der Waals surface area contributed by atoms with Gasteiger partial charge >= 0.3 is 0 Å². The van der Waals surface area contributed by atoms with Gasteiger partial charge in [0.1, 0.15) is 5.82 Å². The first-order valence-electron chi connectivity index (χ1n) is 5.82. The fraction of sp³-hybridized carbons (Fsp3) is 0.583. The third-order valence-corrected chi connectivity index (χ3v) is 3.14. The number of halogens is 1. The van der Waals surface area contributed by atoms with Crippen molar-refractivity contribution < 1.29 is 0 Å². The van der Waals surface area contributed by atoms with Crippen molar-refractivity contribution in [1.29, 1.82) is 0 Å². The van der Waals surface area contributed by atoms with Crippen LogP contribution in [0.5, 0.6) is 0 Å². The zero-order valence-electron chi connectivity index (χ0n) is 9.83. The molecule has 0 aromatic carbocycles. The number of hydrogen-bond acceptors (Lipinski definition) is 3. The molecule has 0 amide bonds. The van der Waals surface area contributed by atoms with Gasteiger partial charge in [0.25, 0.3) is 0 Å². The predicted octanol–water partition coefficient (Wildman–Crippen LogP) is 2.44. The van der Waals surface area contributed by atoms with Gasteiger partial charge in [0.15, 0.2) is 0 Å². The summed E-state index contributed by atoms with van der Waals surface area (Å²) < 4.78 is 0. The summed E-state index contributed by atoms with van der Waals surface area (Å²) in [6, 6.07) is 2.66. The third-order valence-electron chi connectivity index (χ3n) is 2.86. The van der Waals surface area contributed by atoms with Crippen molar-refractivity contribution in [2.75, 3.05) is 18.5 Å². The second-order valence-corrected chi connectivity index (χ2v) is 4.60. The number of hydrogen-bond donors (Lipinski definition) is 1. The summed E-state index contributed by atoms with van der Waals surface area (Å²) in [6.07, 6.45) is 4.44. The smallest absolute Gasteiger partial charge is 0.147 e. The van der Waals surface area contributed by atoms with Crippen molar-refractivity contribution in [3.05, 3.63) is 22.8 Å². The van der Waals surface area contributed by atoms with Crippen LogP contribution in [0.15, 0.2) is 12.3 Å². The minimum atomic E-state index is 0.658. The Bertz CT molecular complexity index is 363. The Labute approximate surface area is 102 Å². The Hall–Kier alpha value is -0.800. The molecule has 16 heavy (non-hydrogen) atoms. The van der Waals surface area contributed by atoms with Gasteiger partial charge < -0.3 is 10.2 Å². The highest BCUT2D eigenvalue weighted by Crippen LogP contribution is 2.34. The zero-order chi connectivity index (χ0) is 11.5.